The number of methoxy groups -OCH3 is 1. The van der Waals surface area contributed by atoms with E-state index in [1.165, 1.54) is 7.11 Å². The van der Waals surface area contributed by atoms with Crippen molar-refractivity contribution >= 4 is 17.6 Å². The first-order chi connectivity index (χ1) is 5.70. The number of hydrogen-bond acceptors (Lipinski definition) is 4. The molecule has 5 nitrogen and oxygen atoms in total. The minimum Gasteiger partial charge on any atom is -0.504 e. The monoisotopic (exact) mass is 190 g/mol. The van der Waals surface area contributed by atoms with E-state index in [4.69, 9.17) is 11.6 Å². The Morgan fingerprint density at radius 1 is 1.83 bits per heavy atom. The molecule has 66 valence electrons. The third-order valence-electron chi connectivity index (χ3n) is 1.33. The smallest absolute Gasteiger partial charge is 0.359 e. The molecule has 2 N–H and O–H groups in total. The minimum absolute atomic E-state index is 0.0410. The van der Waals surface area contributed by atoms with Crippen LogP contribution in [0.4, 0.5) is 0 Å². The lowest BCUT2D eigenvalue weighted by molar-refractivity contribution is 0.0590. The van der Waals surface area contributed by atoms with Crippen LogP contribution in [0.15, 0.2) is 0 Å². The molecule has 0 fully saturated rings. The van der Waals surface area contributed by atoms with Gasteiger partial charge in [-0.05, 0) is 0 Å². The van der Waals surface area contributed by atoms with Gasteiger partial charge in [-0.25, -0.2) is 4.79 Å². The number of aromatic hydroxyl groups is 1. The largest absolute Gasteiger partial charge is 0.504 e. The predicted octanol–water partition coefficient (Wildman–Crippen LogP) is 0.641. The zero-order chi connectivity index (χ0) is 9.14. The Labute approximate surface area is 73.3 Å². The van der Waals surface area contributed by atoms with Crippen molar-refractivity contribution in [3.05, 3.63) is 11.4 Å². The van der Waals surface area contributed by atoms with Gasteiger partial charge in [0.15, 0.2) is 11.4 Å². The summed E-state index contributed by atoms with van der Waals surface area (Å²) in [4.78, 5) is 10.9. The number of H-pyrrole nitrogens is 1. The standard InChI is InChI=1S/C6H7ClN2O3/c1-12-6(11)4-5(10)3(2-7)8-9-4/h10H,2H2,1H3,(H,8,9). The summed E-state index contributed by atoms with van der Waals surface area (Å²) in [5.74, 6) is -0.882. The average Bonchev–Trinajstić information content (AvgIpc) is 2.45. The molecule has 12 heavy (non-hydrogen) atoms. The molecule has 1 aromatic rings. The molecule has 0 saturated carbocycles. The number of nitrogens with zero attached hydrogens (tertiary/aromatic N) is 1. The Balaban J connectivity index is 3.02. The number of esters is 1. The number of alkyl halides is 1. The maximum Gasteiger partial charge on any atom is 0.359 e. The second-order valence-corrected chi connectivity index (χ2v) is 2.29. The third kappa shape index (κ3) is 1.35. The van der Waals surface area contributed by atoms with Crippen LogP contribution >= 0.6 is 11.6 Å². The first-order valence-electron chi connectivity index (χ1n) is 3.11. The zero-order valence-electron chi connectivity index (χ0n) is 6.30. The number of carbonyl (C=O) groups is 1. The number of ether oxygens (including phenoxy) is 1. The molecular weight excluding hydrogens is 184 g/mol. The number of halogens is 1. The fourth-order valence-electron chi connectivity index (χ4n) is 0.711. The zero-order valence-corrected chi connectivity index (χ0v) is 7.05. The number of aromatic amines is 1. The number of rotatable bonds is 2. The van der Waals surface area contributed by atoms with Gasteiger partial charge < -0.3 is 9.84 Å². The molecule has 0 unspecified atom stereocenters. The molecule has 0 bridgehead atoms. The van der Waals surface area contributed by atoms with Crippen LogP contribution in [0.2, 0.25) is 0 Å². The molecule has 0 aliphatic heterocycles. The van der Waals surface area contributed by atoms with Crippen LogP contribution in [0.25, 0.3) is 0 Å². The van der Waals surface area contributed by atoms with Gasteiger partial charge >= 0.3 is 5.97 Å². The second-order valence-electron chi connectivity index (χ2n) is 2.02. The number of carbonyl (C=O) groups excluding carboxylic acids is 1. The van der Waals surface area contributed by atoms with E-state index in [-0.39, 0.29) is 23.0 Å². The van der Waals surface area contributed by atoms with Crippen molar-refractivity contribution < 1.29 is 14.6 Å². The lowest BCUT2D eigenvalue weighted by atomic mass is 10.3. The predicted molar refractivity (Wildman–Crippen MR) is 41.1 cm³/mol. The van der Waals surface area contributed by atoms with Crippen molar-refractivity contribution in [2.75, 3.05) is 7.11 Å². The van der Waals surface area contributed by atoms with E-state index >= 15 is 0 Å². The molecule has 1 heterocycles. The van der Waals surface area contributed by atoms with Gasteiger partial charge in [-0.1, -0.05) is 0 Å². The highest BCUT2D eigenvalue weighted by Crippen LogP contribution is 2.21. The Hall–Kier alpha value is -1.23. The molecule has 1 rings (SSSR count). The first kappa shape index (κ1) is 8.86. The van der Waals surface area contributed by atoms with Crippen LogP contribution in [-0.2, 0) is 10.6 Å². The van der Waals surface area contributed by atoms with Gasteiger partial charge in [-0.2, -0.15) is 5.10 Å². The summed E-state index contributed by atoms with van der Waals surface area (Å²) in [5, 5.41) is 15.2. The van der Waals surface area contributed by atoms with E-state index in [1.54, 1.807) is 0 Å². The van der Waals surface area contributed by atoms with Crippen molar-refractivity contribution in [1.29, 1.82) is 0 Å². The fourth-order valence-corrected chi connectivity index (χ4v) is 0.897. The van der Waals surface area contributed by atoms with E-state index in [0.717, 1.165) is 0 Å². The molecule has 0 amide bonds. The second kappa shape index (κ2) is 3.44. The molecule has 0 aliphatic carbocycles. The van der Waals surface area contributed by atoms with Gasteiger partial charge in [0.2, 0.25) is 0 Å². The third-order valence-corrected chi connectivity index (χ3v) is 1.58. The summed E-state index contributed by atoms with van der Waals surface area (Å²) in [6, 6.07) is 0. The summed E-state index contributed by atoms with van der Waals surface area (Å²) in [6.45, 7) is 0. The number of hydrogen-bond donors (Lipinski definition) is 2. The maximum atomic E-state index is 10.9. The van der Waals surface area contributed by atoms with Crippen LogP contribution in [-0.4, -0.2) is 28.4 Å². The van der Waals surface area contributed by atoms with Crippen LogP contribution in [0.3, 0.4) is 0 Å². The summed E-state index contributed by atoms with van der Waals surface area (Å²) >= 11 is 5.40. The van der Waals surface area contributed by atoms with Gasteiger partial charge in [-0.3, -0.25) is 5.10 Å². The molecule has 0 saturated heterocycles. The summed E-state index contributed by atoms with van der Waals surface area (Å²) < 4.78 is 4.36. The SMILES string of the molecule is COC(=O)c1[nH]nc(CCl)c1O. The molecular formula is C6H7ClN2O3. The normalized spacial score (nSPS) is 9.83. The molecule has 0 atom stereocenters. The Kier molecular flexibility index (Phi) is 2.54. The molecule has 1 aromatic heterocycles. The highest BCUT2D eigenvalue weighted by atomic mass is 35.5. The van der Waals surface area contributed by atoms with Crippen LogP contribution in [0, 0.1) is 0 Å². The van der Waals surface area contributed by atoms with E-state index < -0.39 is 5.97 Å². The molecule has 0 spiro atoms. The van der Waals surface area contributed by atoms with Crippen molar-refractivity contribution in [3.63, 3.8) is 0 Å². The van der Waals surface area contributed by atoms with E-state index in [2.05, 4.69) is 14.9 Å². The van der Waals surface area contributed by atoms with Crippen molar-refractivity contribution in [2.45, 2.75) is 5.88 Å². The fraction of sp³-hybridized carbons (Fsp3) is 0.333. The Bertz CT molecular complexity index is 297. The molecule has 6 heteroatoms. The van der Waals surface area contributed by atoms with Gasteiger partial charge in [-0.15, -0.1) is 11.6 Å². The minimum atomic E-state index is -0.670. The highest BCUT2D eigenvalue weighted by molar-refractivity contribution is 6.17. The van der Waals surface area contributed by atoms with Gasteiger partial charge in [0.05, 0.1) is 13.0 Å². The topological polar surface area (TPSA) is 75.2 Å². The van der Waals surface area contributed by atoms with Gasteiger partial charge in [0.1, 0.15) is 5.69 Å². The van der Waals surface area contributed by atoms with Crippen molar-refractivity contribution in [3.8, 4) is 5.75 Å². The molecule has 0 radical (unpaired) electrons. The first-order valence-corrected chi connectivity index (χ1v) is 3.64. The highest BCUT2D eigenvalue weighted by Gasteiger charge is 2.17. The number of nitrogens with one attached hydrogen (secondary N) is 1. The Morgan fingerprint density at radius 2 is 2.50 bits per heavy atom. The van der Waals surface area contributed by atoms with E-state index in [9.17, 15) is 9.90 Å². The van der Waals surface area contributed by atoms with Crippen LogP contribution < -0.4 is 0 Å². The summed E-state index contributed by atoms with van der Waals surface area (Å²) in [5.41, 5.74) is 0.158. The lowest BCUT2D eigenvalue weighted by Crippen LogP contribution is -2.01. The van der Waals surface area contributed by atoms with Gasteiger partial charge in [0, 0.05) is 0 Å². The van der Waals surface area contributed by atoms with Crippen LogP contribution in [0.1, 0.15) is 16.2 Å². The molecule has 0 aliphatic rings. The average molecular weight is 191 g/mol. The molecule has 0 aromatic carbocycles. The Morgan fingerprint density at radius 3 is 2.92 bits per heavy atom. The summed E-state index contributed by atoms with van der Waals surface area (Å²) in [7, 11) is 1.21. The van der Waals surface area contributed by atoms with E-state index in [1.807, 2.05) is 0 Å². The van der Waals surface area contributed by atoms with Crippen molar-refractivity contribution in [2.24, 2.45) is 0 Å². The van der Waals surface area contributed by atoms with Crippen molar-refractivity contribution in [1.82, 2.24) is 10.2 Å². The quantitative estimate of drug-likeness (QED) is 0.530. The summed E-state index contributed by atoms with van der Waals surface area (Å²) in [6.07, 6.45) is 0. The maximum absolute atomic E-state index is 10.9. The lowest BCUT2D eigenvalue weighted by Gasteiger charge is -1.94. The van der Waals surface area contributed by atoms with Gasteiger partial charge in [0.25, 0.3) is 0 Å². The number of aromatic nitrogens is 2. The van der Waals surface area contributed by atoms with Crippen LogP contribution in [0.5, 0.6) is 5.75 Å². The van der Waals surface area contributed by atoms with E-state index in [0.29, 0.717) is 0 Å².